The number of nitrogens with zero attached hydrogens (tertiary/aromatic N) is 1. The van der Waals surface area contributed by atoms with Gasteiger partial charge in [-0.05, 0) is 44.4 Å². The maximum Gasteiger partial charge on any atom is 0.0686 e. The van der Waals surface area contributed by atoms with Gasteiger partial charge < -0.3 is 0 Å². The summed E-state index contributed by atoms with van der Waals surface area (Å²) in [4.78, 5) is 4.34. The van der Waals surface area contributed by atoms with E-state index in [2.05, 4.69) is 37.9 Å². The van der Waals surface area contributed by atoms with E-state index in [1.807, 2.05) is 13.1 Å². The minimum atomic E-state index is 1.12. The third-order valence-corrected chi connectivity index (χ3v) is 2.16. The van der Waals surface area contributed by atoms with Gasteiger partial charge in [-0.25, -0.2) is 0 Å². The van der Waals surface area contributed by atoms with Gasteiger partial charge in [0.25, 0.3) is 0 Å². The average Bonchev–Trinajstić information content (AvgIpc) is 2.06. The lowest BCUT2D eigenvalue weighted by Gasteiger charge is -2.06. The van der Waals surface area contributed by atoms with Gasteiger partial charge in [0.2, 0.25) is 0 Å². The third-order valence-electron chi connectivity index (χ3n) is 2.16. The van der Waals surface area contributed by atoms with Gasteiger partial charge in [-0.2, -0.15) is 0 Å². The van der Waals surface area contributed by atoms with Crippen LogP contribution in [-0.2, 0) is 0 Å². The van der Waals surface area contributed by atoms with Crippen LogP contribution in [0, 0.1) is 20.8 Å². The molecule has 1 nitrogen and oxygen atoms in total. The highest BCUT2D eigenvalue weighted by Crippen LogP contribution is 2.25. The van der Waals surface area contributed by atoms with E-state index in [1.54, 1.807) is 0 Å². The Morgan fingerprint density at radius 2 is 1.67 bits per heavy atom. The fraction of sp³-hybridized carbons (Fsp3) is 0.364. The average molecular weight is 161 g/mol. The summed E-state index contributed by atoms with van der Waals surface area (Å²) in [7, 11) is 0. The summed E-state index contributed by atoms with van der Waals surface area (Å²) in [6.07, 6.45) is 1.84. The van der Waals surface area contributed by atoms with Crippen LogP contribution >= 0.6 is 0 Å². The Morgan fingerprint density at radius 3 is 2.25 bits per heavy atom. The minimum absolute atomic E-state index is 1.12. The van der Waals surface area contributed by atoms with Crippen molar-refractivity contribution in [3.63, 3.8) is 0 Å². The highest BCUT2D eigenvalue weighted by atomic mass is 14.7. The monoisotopic (exact) mass is 161 g/mol. The van der Waals surface area contributed by atoms with Crippen molar-refractivity contribution in [3.05, 3.63) is 28.8 Å². The number of rotatable bonds is 1. The molecule has 1 heteroatoms. The van der Waals surface area contributed by atoms with Crippen molar-refractivity contribution >= 4 is 11.9 Å². The second kappa shape index (κ2) is 3.53. The molecule has 0 bridgehead atoms. The second-order valence-electron chi connectivity index (χ2n) is 3.06. The van der Waals surface area contributed by atoms with Crippen molar-refractivity contribution in [3.8, 4) is 0 Å². The van der Waals surface area contributed by atoms with Gasteiger partial charge in [0.05, 0.1) is 5.69 Å². The van der Waals surface area contributed by atoms with Crippen molar-refractivity contribution in [2.24, 2.45) is 4.99 Å². The molecular formula is C11H15N. The molecule has 12 heavy (non-hydrogen) atoms. The molecule has 64 valence electrons. The van der Waals surface area contributed by atoms with Crippen LogP contribution in [-0.4, -0.2) is 6.21 Å². The van der Waals surface area contributed by atoms with E-state index in [1.165, 1.54) is 16.7 Å². The predicted molar refractivity (Wildman–Crippen MR) is 54.5 cm³/mol. The topological polar surface area (TPSA) is 12.4 Å². The molecule has 0 radical (unpaired) electrons. The van der Waals surface area contributed by atoms with Gasteiger partial charge in [0.1, 0.15) is 0 Å². The Morgan fingerprint density at radius 1 is 1.08 bits per heavy atom. The lowest BCUT2D eigenvalue weighted by molar-refractivity contribution is 1.27. The molecule has 0 unspecified atom stereocenters. The maximum atomic E-state index is 4.34. The molecule has 0 aliphatic heterocycles. The van der Waals surface area contributed by atoms with E-state index in [0.29, 0.717) is 0 Å². The van der Waals surface area contributed by atoms with Crippen LogP contribution in [0.2, 0.25) is 0 Å². The van der Waals surface area contributed by atoms with Crippen molar-refractivity contribution in [2.45, 2.75) is 27.7 Å². The van der Waals surface area contributed by atoms with Gasteiger partial charge in [-0.3, -0.25) is 4.99 Å². The quantitative estimate of drug-likeness (QED) is 0.560. The van der Waals surface area contributed by atoms with Crippen LogP contribution in [0.25, 0.3) is 0 Å². The van der Waals surface area contributed by atoms with Crippen LogP contribution < -0.4 is 0 Å². The number of hydrogen-bond acceptors (Lipinski definition) is 1. The fourth-order valence-corrected chi connectivity index (χ4v) is 1.26. The SMILES string of the molecule is C/C=N\c1c(C)ccc(C)c1C. The number of hydrogen-bond donors (Lipinski definition) is 0. The Kier molecular flexibility index (Phi) is 2.64. The molecule has 1 aromatic carbocycles. The molecule has 1 rings (SSSR count). The molecule has 0 aromatic heterocycles. The zero-order chi connectivity index (χ0) is 9.14. The number of aliphatic imine (C=N–C) groups is 1. The van der Waals surface area contributed by atoms with Crippen LogP contribution in [0.15, 0.2) is 17.1 Å². The van der Waals surface area contributed by atoms with Crippen molar-refractivity contribution < 1.29 is 0 Å². The first-order valence-corrected chi connectivity index (χ1v) is 4.22. The van der Waals surface area contributed by atoms with E-state index in [0.717, 1.165) is 5.69 Å². The summed E-state index contributed by atoms with van der Waals surface area (Å²) >= 11 is 0. The van der Waals surface area contributed by atoms with Crippen LogP contribution in [0.4, 0.5) is 5.69 Å². The molecule has 0 spiro atoms. The van der Waals surface area contributed by atoms with Gasteiger partial charge in [0, 0.05) is 6.21 Å². The molecule has 0 amide bonds. The molecule has 0 heterocycles. The molecule has 0 fully saturated rings. The third kappa shape index (κ3) is 1.55. The van der Waals surface area contributed by atoms with Crippen LogP contribution in [0.3, 0.4) is 0 Å². The second-order valence-corrected chi connectivity index (χ2v) is 3.06. The molecule has 0 aliphatic carbocycles. The Hall–Kier alpha value is -1.11. The van der Waals surface area contributed by atoms with Crippen molar-refractivity contribution in [2.75, 3.05) is 0 Å². The summed E-state index contributed by atoms with van der Waals surface area (Å²) in [5.74, 6) is 0. The molecule has 0 saturated carbocycles. The first-order valence-electron chi connectivity index (χ1n) is 4.22. The van der Waals surface area contributed by atoms with Crippen molar-refractivity contribution in [1.82, 2.24) is 0 Å². The molecular weight excluding hydrogens is 146 g/mol. The Bertz CT molecular complexity index is 311. The Balaban J connectivity index is 3.32. The number of aryl methyl sites for hydroxylation is 2. The van der Waals surface area contributed by atoms with Crippen LogP contribution in [0.1, 0.15) is 23.6 Å². The van der Waals surface area contributed by atoms with Gasteiger partial charge in [-0.15, -0.1) is 0 Å². The largest absolute Gasteiger partial charge is 0.261 e. The molecule has 1 aromatic rings. The van der Waals surface area contributed by atoms with Crippen molar-refractivity contribution in [1.29, 1.82) is 0 Å². The molecule has 0 N–H and O–H groups in total. The van der Waals surface area contributed by atoms with E-state index in [4.69, 9.17) is 0 Å². The zero-order valence-electron chi connectivity index (χ0n) is 8.18. The maximum absolute atomic E-state index is 4.34. The number of benzene rings is 1. The van der Waals surface area contributed by atoms with Gasteiger partial charge >= 0.3 is 0 Å². The highest BCUT2D eigenvalue weighted by Gasteiger charge is 2.01. The summed E-state index contributed by atoms with van der Waals surface area (Å²) in [5.41, 5.74) is 4.96. The summed E-state index contributed by atoms with van der Waals surface area (Å²) in [6, 6.07) is 4.25. The Labute approximate surface area is 74.2 Å². The van der Waals surface area contributed by atoms with E-state index in [-0.39, 0.29) is 0 Å². The summed E-state index contributed by atoms with van der Waals surface area (Å²) in [5, 5.41) is 0. The lowest BCUT2D eigenvalue weighted by Crippen LogP contribution is -1.84. The van der Waals surface area contributed by atoms with Crippen LogP contribution in [0.5, 0.6) is 0 Å². The van der Waals surface area contributed by atoms with E-state index >= 15 is 0 Å². The standard InChI is InChI=1S/C11H15N/c1-5-12-11-9(3)7-6-8(2)10(11)4/h5-7H,1-4H3/b12-5-. The minimum Gasteiger partial charge on any atom is -0.261 e. The smallest absolute Gasteiger partial charge is 0.0686 e. The summed E-state index contributed by atoms with van der Waals surface area (Å²) in [6.45, 7) is 8.27. The first kappa shape index (κ1) is 8.98. The summed E-state index contributed by atoms with van der Waals surface area (Å²) < 4.78 is 0. The zero-order valence-corrected chi connectivity index (χ0v) is 8.18. The molecule has 0 saturated heterocycles. The highest BCUT2D eigenvalue weighted by molar-refractivity contribution is 5.65. The van der Waals surface area contributed by atoms with E-state index < -0.39 is 0 Å². The fourth-order valence-electron chi connectivity index (χ4n) is 1.26. The van der Waals surface area contributed by atoms with E-state index in [9.17, 15) is 0 Å². The normalized spacial score (nSPS) is 11.0. The molecule has 0 atom stereocenters. The van der Waals surface area contributed by atoms with Gasteiger partial charge in [-0.1, -0.05) is 12.1 Å². The van der Waals surface area contributed by atoms with Gasteiger partial charge in [0.15, 0.2) is 0 Å². The lowest BCUT2D eigenvalue weighted by atomic mass is 10.0. The first-order chi connectivity index (χ1) is 5.66. The predicted octanol–water partition coefficient (Wildman–Crippen LogP) is 3.33. The molecule has 0 aliphatic rings.